The maximum atomic E-state index is 13.6. The number of benzene rings is 1. The summed E-state index contributed by atoms with van der Waals surface area (Å²) in [6.07, 6.45) is 0. The molecule has 8 heteroatoms. The zero-order valence-electron chi connectivity index (χ0n) is 11.8. The van der Waals surface area contributed by atoms with E-state index in [0.717, 1.165) is 6.07 Å². The van der Waals surface area contributed by atoms with Crippen LogP contribution in [0.1, 0.15) is 26.6 Å². The van der Waals surface area contributed by atoms with E-state index < -0.39 is 16.3 Å². The van der Waals surface area contributed by atoms with Crippen LogP contribution < -0.4 is 0 Å². The molecule has 0 atom stereocenters. The van der Waals surface area contributed by atoms with Crippen LogP contribution in [0.25, 0.3) is 11.4 Å². The zero-order valence-corrected chi connectivity index (χ0v) is 12.6. The Hall–Kier alpha value is -2.02. The molecule has 2 rings (SSSR count). The van der Waals surface area contributed by atoms with Crippen molar-refractivity contribution < 1.29 is 9.31 Å². The van der Waals surface area contributed by atoms with Gasteiger partial charge in [-0.2, -0.15) is 0 Å². The van der Waals surface area contributed by atoms with Crippen LogP contribution in [0, 0.1) is 15.9 Å². The summed E-state index contributed by atoms with van der Waals surface area (Å²) in [6, 6.07) is 3.33. The molecule has 0 aliphatic heterocycles. The number of alkyl halides is 1. The van der Waals surface area contributed by atoms with E-state index in [-0.39, 0.29) is 11.6 Å². The molecule has 0 aliphatic rings. The summed E-state index contributed by atoms with van der Waals surface area (Å²) in [7, 11) is 0. The second kappa shape index (κ2) is 5.40. The molecule has 112 valence electrons. The number of aromatic nitrogens is 3. The van der Waals surface area contributed by atoms with Gasteiger partial charge in [-0.05, 0) is 26.8 Å². The van der Waals surface area contributed by atoms with Crippen LogP contribution in [0.4, 0.5) is 10.1 Å². The average Bonchev–Trinajstić information content (AvgIpc) is 2.81. The minimum Gasteiger partial charge on any atom is -0.305 e. The van der Waals surface area contributed by atoms with Crippen molar-refractivity contribution in [2.24, 2.45) is 0 Å². The topological polar surface area (TPSA) is 73.8 Å². The van der Waals surface area contributed by atoms with Gasteiger partial charge in [-0.25, -0.2) is 4.39 Å². The summed E-state index contributed by atoms with van der Waals surface area (Å²) in [4.78, 5) is 10.2. The molecule has 21 heavy (non-hydrogen) atoms. The maximum Gasteiger partial charge on any atom is 0.273 e. The lowest BCUT2D eigenvalue weighted by molar-refractivity contribution is -0.385. The Balaban J connectivity index is 2.68. The minimum absolute atomic E-state index is 0.141. The largest absolute Gasteiger partial charge is 0.305 e. The van der Waals surface area contributed by atoms with E-state index in [1.807, 2.05) is 20.8 Å². The monoisotopic (exact) mass is 312 g/mol. The Morgan fingerprint density at radius 1 is 1.33 bits per heavy atom. The first-order valence-electron chi connectivity index (χ1n) is 6.20. The van der Waals surface area contributed by atoms with Crippen molar-refractivity contribution in [3.63, 3.8) is 0 Å². The summed E-state index contributed by atoms with van der Waals surface area (Å²) in [5, 5.41) is 18.8. The first-order chi connectivity index (χ1) is 9.74. The summed E-state index contributed by atoms with van der Waals surface area (Å²) >= 11 is 5.85. The molecule has 0 amide bonds. The molecule has 0 N–H and O–H groups in total. The molecule has 2 aromatic rings. The second-order valence-electron chi connectivity index (χ2n) is 5.53. The molecule has 0 spiro atoms. The van der Waals surface area contributed by atoms with Crippen molar-refractivity contribution in [2.75, 3.05) is 0 Å². The van der Waals surface area contributed by atoms with Crippen LogP contribution in [0.2, 0.25) is 0 Å². The molecule has 0 aliphatic carbocycles. The van der Waals surface area contributed by atoms with Gasteiger partial charge in [0.2, 0.25) is 0 Å². The highest BCUT2D eigenvalue weighted by Crippen LogP contribution is 2.29. The molecule has 1 aromatic heterocycles. The molecule has 0 bridgehead atoms. The molecule has 0 radical (unpaired) electrons. The summed E-state index contributed by atoms with van der Waals surface area (Å²) in [5.74, 6) is 0.309. The van der Waals surface area contributed by atoms with Gasteiger partial charge in [0.25, 0.3) is 5.69 Å². The Morgan fingerprint density at radius 3 is 2.52 bits per heavy atom. The van der Waals surface area contributed by atoms with Crippen LogP contribution in [-0.2, 0) is 11.4 Å². The summed E-state index contributed by atoms with van der Waals surface area (Å²) in [5.41, 5.74) is -0.439. The lowest BCUT2D eigenvalue weighted by Crippen LogP contribution is -2.24. The highest BCUT2D eigenvalue weighted by atomic mass is 35.5. The summed E-state index contributed by atoms with van der Waals surface area (Å²) in [6.45, 7) is 5.76. The Bertz CT molecular complexity index is 694. The standard InChI is InChI=1S/C13H14ClFN4O2/c1-13(2,3)18-11(7-14)16-17-12(18)8-4-9(15)6-10(5-8)19(20)21/h4-6H,7H2,1-3H3. The van der Waals surface area contributed by atoms with Gasteiger partial charge in [-0.3, -0.25) is 10.1 Å². The van der Waals surface area contributed by atoms with Crippen molar-refractivity contribution in [1.29, 1.82) is 0 Å². The van der Waals surface area contributed by atoms with E-state index in [1.54, 1.807) is 4.57 Å². The summed E-state index contributed by atoms with van der Waals surface area (Å²) < 4.78 is 15.4. The van der Waals surface area contributed by atoms with Gasteiger partial charge < -0.3 is 4.57 Å². The molecule has 6 nitrogen and oxygen atoms in total. The van der Waals surface area contributed by atoms with Gasteiger partial charge >= 0.3 is 0 Å². The van der Waals surface area contributed by atoms with Gasteiger partial charge in [-0.15, -0.1) is 21.8 Å². The molecule has 1 aromatic carbocycles. The second-order valence-corrected chi connectivity index (χ2v) is 5.80. The van der Waals surface area contributed by atoms with Crippen molar-refractivity contribution in [3.05, 3.63) is 40.0 Å². The van der Waals surface area contributed by atoms with Crippen LogP contribution >= 0.6 is 11.6 Å². The highest BCUT2D eigenvalue weighted by Gasteiger charge is 2.24. The maximum absolute atomic E-state index is 13.6. The Kier molecular flexibility index (Phi) is 3.95. The number of nitro benzene ring substituents is 1. The third kappa shape index (κ3) is 3.02. The van der Waals surface area contributed by atoms with Gasteiger partial charge in [0.05, 0.1) is 16.9 Å². The van der Waals surface area contributed by atoms with Gasteiger partial charge in [0, 0.05) is 17.2 Å². The SMILES string of the molecule is CC(C)(C)n1c(CCl)nnc1-c1cc(F)cc([N+](=O)[O-])c1. The third-order valence-corrected chi connectivity index (χ3v) is 3.11. The normalized spacial score (nSPS) is 11.7. The average molecular weight is 313 g/mol. The van der Waals surface area contributed by atoms with E-state index in [0.29, 0.717) is 17.2 Å². The number of rotatable bonds is 3. The van der Waals surface area contributed by atoms with Crippen molar-refractivity contribution >= 4 is 17.3 Å². The fraction of sp³-hybridized carbons (Fsp3) is 0.385. The Morgan fingerprint density at radius 2 is 2.00 bits per heavy atom. The molecule has 0 saturated heterocycles. The third-order valence-electron chi connectivity index (χ3n) is 2.87. The number of hydrogen-bond donors (Lipinski definition) is 0. The fourth-order valence-corrected chi connectivity index (χ4v) is 2.28. The highest BCUT2D eigenvalue weighted by molar-refractivity contribution is 6.16. The number of non-ortho nitro benzene ring substituents is 1. The lowest BCUT2D eigenvalue weighted by Gasteiger charge is -2.24. The molecule has 1 heterocycles. The number of halogens is 2. The van der Waals surface area contributed by atoms with E-state index >= 15 is 0 Å². The van der Waals surface area contributed by atoms with Crippen molar-refractivity contribution in [1.82, 2.24) is 14.8 Å². The van der Waals surface area contributed by atoms with Crippen LogP contribution in [-0.4, -0.2) is 19.7 Å². The molecule has 0 unspecified atom stereocenters. The van der Waals surface area contributed by atoms with Crippen molar-refractivity contribution in [2.45, 2.75) is 32.2 Å². The van der Waals surface area contributed by atoms with E-state index in [1.165, 1.54) is 12.1 Å². The fourth-order valence-electron chi connectivity index (χ4n) is 2.10. The Labute approximate surface area is 125 Å². The van der Waals surface area contributed by atoms with Crippen molar-refractivity contribution in [3.8, 4) is 11.4 Å². The zero-order chi connectivity index (χ0) is 15.8. The van der Waals surface area contributed by atoms with E-state index in [9.17, 15) is 14.5 Å². The first kappa shape index (κ1) is 15.4. The number of nitrogens with zero attached hydrogens (tertiary/aromatic N) is 4. The van der Waals surface area contributed by atoms with Crippen LogP contribution in [0.15, 0.2) is 18.2 Å². The minimum atomic E-state index is -0.699. The lowest BCUT2D eigenvalue weighted by atomic mass is 10.1. The first-order valence-corrected chi connectivity index (χ1v) is 6.73. The number of hydrogen-bond acceptors (Lipinski definition) is 4. The molecule has 0 saturated carbocycles. The van der Waals surface area contributed by atoms with Crippen LogP contribution in [0.5, 0.6) is 0 Å². The van der Waals surface area contributed by atoms with Crippen LogP contribution in [0.3, 0.4) is 0 Å². The quantitative estimate of drug-likeness (QED) is 0.494. The number of nitro groups is 1. The van der Waals surface area contributed by atoms with E-state index in [4.69, 9.17) is 11.6 Å². The molecular formula is C13H14ClFN4O2. The predicted octanol–water partition coefficient (Wildman–Crippen LogP) is 3.49. The van der Waals surface area contributed by atoms with Gasteiger partial charge in [-0.1, -0.05) is 0 Å². The molecule has 0 fully saturated rings. The van der Waals surface area contributed by atoms with E-state index in [2.05, 4.69) is 10.2 Å². The van der Waals surface area contributed by atoms with Gasteiger partial charge in [0.15, 0.2) is 5.82 Å². The molecular weight excluding hydrogens is 299 g/mol. The predicted molar refractivity (Wildman–Crippen MR) is 76.6 cm³/mol. The van der Waals surface area contributed by atoms with Gasteiger partial charge in [0.1, 0.15) is 11.6 Å². The smallest absolute Gasteiger partial charge is 0.273 e.